The van der Waals surface area contributed by atoms with Crippen LogP contribution in [0.5, 0.6) is 0 Å². The molecular weight excluding hydrogens is 378 g/mol. The topological polar surface area (TPSA) is 78.5 Å². The lowest BCUT2D eigenvalue weighted by molar-refractivity contribution is -0.118. The van der Waals surface area contributed by atoms with Crippen LogP contribution in [-0.4, -0.2) is 24.3 Å². The number of hydrogen-bond acceptors (Lipinski definition) is 3. The molecule has 1 saturated heterocycles. The zero-order chi connectivity index (χ0) is 21.3. The van der Waals surface area contributed by atoms with Crippen molar-refractivity contribution < 1.29 is 14.4 Å². The number of amides is 3. The smallest absolute Gasteiger partial charge is 0.251 e. The highest BCUT2D eigenvalue weighted by molar-refractivity contribution is 5.97. The normalized spacial score (nSPS) is 21.3. The maximum atomic E-state index is 12.7. The van der Waals surface area contributed by atoms with Crippen molar-refractivity contribution in [3.8, 4) is 0 Å². The third-order valence-corrected chi connectivity index (χ3v) is 5.96. The number of hydrogen-bond donors (Lipinski definition) is 2. The van der Waals surface area contributed by atoms with Gasteiger partial charge in [0, 0.05) is 35.8 Å². The number of nitrogens with one attached hydrogen (secondary N) is 2. The Morgan fingerprint density at radius 3 is 2.50 bits per heavy atom. The largest absolute Gasteiger partial charge is 0.346 e. The van der Waals surface area contributed by atoms with Gasteiger partial charge in [0.2, 0.25) is 11.8 Å². The Morgan fingerprint density at radius 2 is 1.87 bits per heavy atom. The second-order valence-electron chi connectivity index (χ2n) is 8.33. The van der Waals surface area contributed by atoms with Gasteiger partial charge in [-0.2, -0.15) is 0 Å². The van der Waals surface area contributed by atoms with Crippen LogP contribution in [-0.2, 0) is 9.59 Å². The van der Waals surface area contributed by atoms with E-state index in [0.29, 0.717) is 23.6 Å². The molecule has 0 aromatic heterocycles. The molecule has 3 atom stereocenters. The summed E-state index contributed by atoms with van der Waals surface area (Å²) in [6.45, 7) is 4.73. The Morgan fingerprint density at radius 1 is 1.13 bits per heavy atom. The first-order valence-corrected chi connectivity index (χ1v) is 10.5. The van der Waals surface area contributed by atoms with Gasteiger partial charge in [0.05, 0.1) is 6.04 Å². The van der Waals surface area contributed by atoms with E-state index < -0.39 is 0 Å². The van der Waals surface area contributed by atoms with E-state index >= 15 is 0 Å². The first kappa shape index (κ1) is 20.1. The highest BCUT2D eigenvalue weighted by atomic mass is 16.2. The van der Waals surface area contributed by atoms with Crippen molar-refractivity contribution in [3.63, 3.8) is 0 Å². The van der Waals surface area contributed by atoms with Gasteiger partial charge in [-0.05, 0) is 67.6 Å². The molecule has 4 rings (SSSR count). The molecule has 0 radical (unpaired) electrons. The van der Waals surface area contributed by atoms with Crippen molar-refractivity contribution in [2.24, 2.45) is 11.8 Å². The van der Waals surface area contributed by atoms with Crippen molar-refractivity contribution in [3.05, 3.63) is 59.7 Å². The summed E-state index contributed by atoms with van der Waals surface area (Å²) in [6.07, 6.45) is 2.41. The van der Waals surface area contributed by atoms with Crippen LogP contribution in [0, 0.1) is 11.8 Å². The molecule has 1 heterocycles. The fraction of sp³-hybridized carbons (Fsp3) is 0.375. The molecule has 6 nitrogen and oxygen atoms in total. The Bertz CT molecular complexity index is 970. The summed E-state index contributed by atoms with van der Waals surface area (Å²) in [4.78, 5) is 38.5. The number of nitrogens with zero attached hydrogens (tertiary/aromatic N) is 1. The monoisotopic (exact) mass is 405 g/mol. The van der Waals surface area contributed by atoms with Crippen molar-refractivity contribution in [1.29, 1.82) is 0 Å². The maximum absolute atomic E-state index is 12.7. The fourth-order valence-corrected chi connectivity index (χ4v) is 3.87. The second kappa shape index (κ2) is 8.30. The summed E-state index contributed by atoms with van der Waals surface area (Å²) < 4.78 is 0. The Hall–Kier alpha value is -3.15. The Kier molecular flexibility index (Phi) is 5.57. The molecule has 3 amide bonds. The quantitative estimate of drug-likeness (QED) is 0.765. The maximum Gasteiger partial charge on any atom is 0.251 e. The summed E-state index contributed by atoms with van der Waals surface area (Å²) in [7, 11) is 0. The summed E-state index contributed by atoms with van der Waals surface area (Å²) >= 11 is 0. The summed E-state index contributed by atoms with van der Waals surface area (Å²) in [5.41, 5.74) is 3.06. The molecule has 3 unspecified atom stereocenters. The van der Waals surface area contributed by atoms with Crippen molar-refractivity contribution in [2.75, 3.05) is 16.8 Å². The third-order valence-electron chi connectivity index (χ3n) is 5.96. The predicted molar refractivity (Wildman–Crippen MR) is 116 cm³/mol. The first-order chi connectivity index (χ1) is 14.4. The van der Waals surface area contributed by atoms with Crippen molar-refractivity contribution in [1.82, 2.24) is 5.32 Å². The highest BCUT2D eigenvalue weighted by Crippen LogP contribution is 2.38. The summed E-state index contributed by atoms with van der Waals surface area (Å²) in [5, 5.41) is 5.91. The molecule has 2 aromatic carbocycles. The van der Waals surface area contributed by atoms with Gasteiger partial charge in [-0.1, -0.05) is 19.1 Å². The number of carbonyl (C=O) groups is 3. The van der Waals surface area contributed by atoms with Gasteiger partial charge >= 0.3 is 0 Å². The van der Waals surface area contributed by atoms with E-state index in [1.165, 1.54) is 0 Å². The van der Waals surface area contributed by atoms with Gasteiger partial charge in [0.25, 0.3) is 5.91 Å². The van der Waals surface area contributed by atoms with Crippen LogP contribution in [0.2, 0.25) is 0 Å². The third kappa shape index (κ3) is 4.37. The number of rotatable bonds is 6. The summed E-state index contributed by atoms with van der Waals surface area (Å²) in [6, 6.07) is 14.5. The Labute approximate surface area is 176 Å². The van der Waals surface area contributed by atoms with Crippen molar-refractivity contribution >= 4 is 29.1 Å². The van der Waals surface area contributed by atoms with Gasteiger partial charge in [-0.25, -0.2) is 0 Å². The zero-order valence-electron chi connectivity index (χ0n) is 17.4. The highest BCUT2D eigenvalue weighted by Gasteiger charge is 2.39. The molecule has 0 bridgehead atoms. The molecule has 1 saturated carbocycles. The molecule has 156 valence electrons. The molecule has 2 N–H and O–H groups in total. The zero-order valence-corrected chi connectivity index (χ0v) is 17.4. The van der Waals surface area contributed by atoms with Crippen LogP contribution < -0.4 is 15.5 Å². The Balaban J connectivity index is 1.37. The van der Waals surface area contributed by atoms with Crippen LogP contribution in [0.4, 0.5) is 11.4 Å². The van der Waals surface area contributed by atoms with E-state index in [0.717, 1.165) is 30.6 Å². The second-order valence-corrected chi connectivity index (χ2v) is 8.33. The van der Waals surface area contributed by atoms with Gasteiger partial charge in [-0.3, -0.25) is 14.4 Å². The molecular formula is C24H27N3O3. The average molecular weight is 405 g/mol. The molecule has 2 aromatic rings. The minimum atomic E-state index is -0.203. The van der Waals surface area contributed by atoms with Gasteiger partial charge < -0.3 is 15.5 Å². The van der Waals surface area contributed by atoms with Crippen LogP contribution >= 0.6 is 0 Å². The van der Waals surface area contributed by atoms with Crippen LogP contribution in [0.15, 0.2) is 48.5 Å². The molecule has 0 spiro atoms. The molecule has 1 aliphatic carbocycles. The molecule has 2 fully saturated rings. The van der Waals surface area contributed by atoms with Gasteiger partial charge in [-0.15, -0.1) is 0 Å². The van der Waals surface area contributed by atoms with E-state index in [-0.39, 0.29) is 29.7 Å². The van der Waals surface area contributed by atoms with Crippen LogP contribution in [0.3, 0.4) is 0 Å². The predicted octanol–water partition coefficient (Wildman–Crippen LogP) is 3.90. The van der Waals surface area contributed by atoms with E-state index in [4.69, 9.17) is 0 Å². The van der Waals surface area contributed by atoms with Crippen LogP contribution in [0.1, 0.15) is 55.1 Å². The molecule has 2 aliphatic rings. The van der Waals surface area contributed by atoms with E-state index in [9.17, 15) is 14.4 Å². The minimum absolute atomic E-state index is 0.0460. The number of carbonyl (C=O) groups excluding carboxylic acids is 3. The molecule has 30 heavy (non-hydrogen) atoms. The lowest BCUT2D eigenvalue weighted by Gasteiger charge is -2.19. The lowest BCUT2D eigenvalue weighted by atomic mass is 10.1. The van der Waals surface area contributed by atoms with Crippen LogP contribution in [0.25, 0.3) is 0 Å². The van der Waals surface area contributed by atoms with E-state index in [2.05, 4.69) is 17.6 Å². The average Bonchev–Trinajstić information content (AvgIpc) is 3.33. The molecule has 1 aliphatic heterocycles. The van der Waals surface area contributed by atoms with Gasteiger partial charge in [0.1, 0.15) is 0 Å². The first-order valence-electron chi connectivity index (χ1n) is 10.5. The van der Waals surface area contributed by atoms with Crippen molar-refractivity contribution in [2.45, 2.75) is 39.2 Å². The summed E-state index contributed by atoms with van der Waals surface area (Å²) in [5.74, 6) is 0.578. The lowest BCUT2D eigenvalue weighted by Crippen LogP contribution is -2.27. The number of benzene rings is 2. The standard InChI is InChI=1S/C24H27N3O3/c1-15-13-21(15)24(30)26-19-10-8-17(9-11-19)23(29)25-16(2)18-5-3-6-20(14-18)27-12-4-7-22(27)28/h3,5-6,8-11,14-16,21H,4,7,12-13H2,1-2H3,(H,25,29)(H,26,30). The van der Waals surface area contributed by atoms with E-state index in [1.807, 2.05) is 31.2 Å². The SMILES string of the molecule is CC(NC(=O)c1ccc(NC(=O)C2CC2C)cc1)c1cccc(N2CCCC2=O)c1. The van der Waals surface area contributed by atoms with Gasteiger partial charge in [0.15, 0.2) is 0 Å². The van der Waals surface area contributed by atoms with E-state index in [1.54, 1.807) is 29.2 Å². The molecule has 6 heteroatoms. The fourth-order valence-electron chi connectivity index (χ4n) is 3.87. The minimum Gasteiger partial charge on any atom is -0.346 e. The number of anilines is 2.